The molecular formula is C13H24N6O. The molecule has 2 heterocycles. The van der Waals surface area contributed by atoms with E-state index in [0.29, 0.717) is 18.3 Å². The predicted molar refractivity (Wildman–Crippen MR) is 75.8 cm³/mol. The highest BCUT2D eigenvalue weighted by Gasteiger charge is 2.23. The van der Waals surface area contributed by atoms with Gasteiger partial charge in [0, 0.05) is 38.8 Å². The number of nitrogens with two attached hydrogens (primary N) is 1. The topological polar surface area (TPSA) is 80.3 Å². The van der Waals surface area contributed by atoms with Crippen molar-refractivity contribution in [2.24, 2.45) is 5.73 Å². The molecule has 0 radical (unpaired) electrons. The average molecular weight is 280 g/mol. The van der Waals surface area contributed by atoms with Crippen molar-refractivity contribution in [1.82, 2.24) is 24.8 Å². The molecule has 1 aliphatic heterocycles. The molecule has 7 heteroatoms. The van der Waals surface area contributed by atoms with Gasteiger partial charge in [0.2, 0.25) is 5.91 Å². The lowest BCUT2D eigenvalue weighted by atomic mass is 10.2. The lowest BCUT2D eigenvalue weighted by Crippen LogP contribution is -2.51. The summed E-state index contributed by atoms with van der Waals surface area (Å²) in [7, 11) is 0. The second-order valence-electron chi connectivity index (χ2n) is 5.29. The maximum atomic E-state index is 12.2. The number of hydrogen-bond donors (Lipinski definition) is 1. The van der Waals surface area contributed by atoms with Crippen molar-refractivity contribution >= 4 is 5.91 Å². The van der Waals surface area contributed by atoms with Crippen molar-refractivity contribution in [2.75, 3.05) is 26.2 Å². The highest BCUT2D eigenvalue weighted by Crippen LogP contribution is 2.09. The molecule has 1 saturated heterocycles. The molecule has 0 aromatic carbocycles. The van der Waals surface area contributed by atoms with Crippen LogP contribution >= 0.6 is 0 Å². The molecule has 20 heavy (non-hydrogen) atoms. The van der Waals surface area contributed by atoms with Gasteiger partial charge in [0.25, 0.3) is 0 Å². The summed E-state index contributed by atoms with van der Waals surface area (Å²) in [6.45, 7) is 8.52. The zero-order valence-electron chi connectivity index (χ0n) is 12.3. The van der Waals surface area contributed by atoms with Crippen molar-refractivity contribution in [1.29, 1.82) is 0 Å². The summed E-state index contributed by atoms with van der Waals surface area (Å²) in [5, 5.41) is 7.80. The van der Waals surface area contributed by atoms with Crippen LogP contribution in [0.25, 0.3) is 0 Å². The minimum Gasteiger partial charge on any atom is -0.339 e. The maximum absolute atomic E-state index is 12.2. The van der Waals surface area contributed by atoms with Crippen molar-refractivity contribution in [2.45, 2.75) is 39.4 Å². The van der Waals surface area contributed by atoms with E-state index in [1.54, 1.807) is 10.9 Å². The molecule has 2 N–H and O–H groups in total. The van der Waals surface area contributed by atoms with Crippen LogP contribution in [-0.2, 0) is 17.9 Å². The summed E-state index contributed by atoms with van der Waals surface area (Å²) >= 11 is 0. The van der Waals surface area contributed by atoms with Gasteiger partial charge in [0.15, 0.2) is 0 Å². The molecule has 0 saturated carbocycles. The second kappa shape index (κ2) is 6.81. The van der Waals surface area contributed by atoms with E-state index in [0.717, 1.165) is 32.6 Å². The molecule has 2 rings (SSSR count). The lowest BCUT2D eigenvalue weighted by Gasteiger charge is -2.37. The SMILES string of the molecule is CCC(C)N1CCN(C(=O)Cn2cc(CN)nn2)CC1. The van der Waals surface area contributed by atoms with Crippen LogP contribution in [-0.4, -0.2) is 62.9 Å². The molecule has 1 fully saturated rings. The molecular weight excluding hydrogens is 256 g/mol. The van der Waals surface area contributed by atoms with Crippen molar-refractivity contribution < 1.29 is 4.79 Å². The fourth-order valence-electron chi connectivity index (χ4n) is 2.42. The summed E-state index contributed by atoms with van der Waals surface area (Å²) in [6, 6.07) is 0.592. The third-order valence-electron chi connectivity index (χ3n) is 3.97. The Morgan fingerprint density at radius 2 is 2.10 bits per heavy atom. The molecule has 112 valence electrons. The first-order chi connectivity index (χ1) is 9.63. The number of amides is 1. The highest BCUT2D eigenvalue weighted by molar-refractivity contribution is 5.76. The van der Waals surface area contributed by atoms with E-state index in [4.69, 9.17) is 5.73 Å². The van der Waals surface area contributed by atoms with Crippen LogP contribution in [0.5, 0.6) is 0 Å². The van der Waals surface area contributed by atoms with Crippen LogP contribution in [0.15, 0.2) is 6.20 Å². The fraction of sp³-hybridized carbons (Fsp3) is 0.769. The molecule has 1 aromatic heterocycles. The summed E-state index contributed by atoms with van der Waals surface area (Å²) < 4.78 is 1.56. The quantitative estimate of drug-likeness (QED) is 0.799. The molecule has 0 bridgehead atoms. The molecule has 7 nitrogen and oxygen atoms in total. The zero-order valence-corrected chi connectivity index (χ0v) is 12.3. The Morgan fingerprint density at radius 3 is 2.65 bits per heavy atom. The van der Waals surface area contributed by atoms with Gasteiger partial charge in [-0.15, -0.1) is 5.10 Å². The Labute approximate surface area is 119 Å². The van der Waals surface area contributed by atoms with Crippen LogP contribution < -0.4 is 5.73 Å². The number of nitrogens with zero attached hydrogens (tertiary/aromatic N) is 5. The zero-order chi connectivity index (χ0) is 14.5. The monoisotopic (exact) mass is 280 g/mol. The Balaban J connectivity index is 1.82. The first kappa shape index (κ1) is 14.9. The standard InChI is InChI=1S/C13H24N6O/c1-3-11(2)17-4-6-18(7-5-17)13(20)10-19-9-12(8-14)15-16-19/h9,11H,3-8,10,14H2,1-2H3. The first-order valence-electron chi connectivity index (χ1n) is 7.25. The summed E-state index contributed by atoms with van der Waals surface area (Å²) in [6.07, 6.45) is 2.88. The number of hydrogen-bond acceptors (Lipinski definition) is 5. The van der Waals surface area contributed by atoms with Crippen LogP contribution in [0.1, 0.15) is 26.0 Å². The Hall–Kier alpha value is -1.47. The molecule has 1 atom stereocenters. The molecule has 1 amide bonds. The van der Waals surface area contributed by atoms with E-state index in [1.165, 1.54) is 0 Å². The van der Waals surface area contributed by atoms with E-state index >= 15 is 0 Å². The van der Waals surface area contributed by atoms with Crippen LogP contribution in [0.4, 0.5) is 0 Å². The number of carbonyl (C=O) groups excluding carboxylic acids is 1. The molecule has 1 unspecified atom stereocenters. The Bertz CT molecular complexity index is 438. The summed E-state index contributed by atoms with van der Waals surface area (Å²) in [4.78, 5) is 16.5. The van der Waals surface area contributed by atoms with Crippen LogP contribution in [0.2, 0.25) is 0 Å². The molecule has 1 aromatic rings. The highest BCUT2D eigenvalue weighted by atomic mass is 16.2. The van der Waals surface area contributed by atoms with Crippen LogP contribution in [0.3, 0.4) is 0 Å². The summed E-state index contributed by atoms with van der Waals surface area (Å²) in [5.74, 6) is 0.0993. The van der Waals surface area contributed by atoms with Gasteiger partial charge in [-0.2, -0.15) is 0 Å². The van der Waals surface area contributed by atoms with Gasteiger partial charge in [-0.1, -0.05) is 12.1 Å². The van der Waals surface area contributed by atoms with Gasteiger partial charge in [-0.25, -0.2) is 4.68 Å². The molecule has 0 spiro atoms. The van der Waals surface area contributed by atoms with Gasteiger partial charge in [-0.05, 0) is 13.3 Å². The number of piperazine rings is 1. The fourth-order valence-corrected chi connectivity index (χ4v) is 2.42. The number of carbonyl (C=O) groups is 1. The van der Waals surface area contributed by atoms with E-state index in [1.807, 2.05) is 4.90 Å². The Morgan fingerprint density at radius 1 is 1.40 bits per heavy atom. The van der Waals surface area contributed by atoms with E-state index in [2.05, 4.69) is 29.1 Å². The lowest BCUT2D eigenvalue weighted by molar-refractivity contribution is -0.134. The van der Waals surface area contributed by atoms with Gasteiger partial charge in [0.05, 0.1) is 11.9 Å². The second-order valence-corrected chi connectivity index (χ2v) is 5.29. The molecule has 1 aliphatic rings. The largest absolute Gasteiger partial charge is 0.339 e. The van der Waals surface area contributed by atoms with Gasteiger partial charge >= 0.3 is 0 Å². The van der Waals surface area contributed by atoms with E-state index in [-0.39, 0.29) is 12.5 Å². The first-order valence-corrected chi connectivity index (χ1v) is 7.25. The van der Waals surface area contributed by atoms with Gasteiger partial charge in [-0.3, -0.25) is 9.69 Å². The third kappa shape index (κ3) is 3.55. The van der Waals surface area contributed by atoms with E-state index in [9.17, 15) is 4.79 Å². The van der Waals surface area contributed by atoms with Gasteiger partial charge in [0.1, 0.15) is 6.54 Å². The summed E-state index contributed by atoms with van der Waals surface area (Å²) in [5.41, 5.74) is 6.18. The van der Waals surface area contributed by atoms with Crippen LogP contribution in [0, 0.1) is 0 Å². The van der Waals surface area contributed by atoms with Gasteiger partial charge < -0.3 is 10.6 Å². The smallest absolute Gasteiger partial charge is 0.244 e. The van der Waals surface area contributed by atoms with E-state index < -0.39 is 0 Å². The third-order valence-corrected chi connectivity index (χ3v) is 3.97. The normalized spacial score (nSPS) is 18.2. The molecule has 0 aliphatic carbocycles. The van der Waals surface area contributed by atoms with Crippen molar-refractivity contribution in [3.63, 3.8) is 0 Å². The number of aromatic nitrogens is 3. The number of rotatable bonds is 5. The Kier molecular flexibility index (Phi) is 5.08. The maximum Gasteiger partial charge on any atom is 0.244 e. The average Bonchev–Trinajstić information content (AvgIpc) is 2.94. The van der Waals surface area contributed by atoms with Crippen molar-refractivity contribution in [3.05, 3.63) is 11.9 Å². The van der Waals surface area contributed by atoms with Crippen molar-refractivity contribution in [3.8, 4) is 0 Å². The predicted octanol–water partition coefficient (Wildman–Crippen LogP) is -0.320. The minimum atomic E-state index is 0.0993. The minimum absolute atomic E-state index is 0.0993.